The van der Waals surface area contributed by atoms with Crippen molar-refractivity contribution >= 4 is 29.4 Å². The van der Waals surface area contributed by atoms with Gasteiger partial charge in [0.2, 0.25) is 5.91 Å². The van der Waals surface area contributed by atoms with Crippen LogP contribution in [0.25, 0.3) is 11.3 Å². The maximum absolute atomic E-state index is 12.6. The first kappa shape index (κ1) is 30.1. The van der Waals surface area contributed by atoms with Gasteiger partial charge in [-0.3, -0.25) is 14.6 Å². The van der Waals surface area contributed by atoms with Gasteiger partial charge in [0.15, 0.2) is 0 Å². The summed E-state index contributed by atoms with van der Waals surface area (Å²) in [4.78, 5) is 46.8. The Kier molecular flexibility index (Phi) is 10.2. The molecule has 0 bridgehead atoms. The number of benzene rings is 1. The lowest BCUT2D eigenvalue weighted by molar-refractivity contribution is -0.118. The van der Waals surface area contributed by atoms with Crippen LogP contribution in [0.3, 0.4) is 0 Å². The number of carbonyl (C=O) groups is 3. The average molecular weight is 547 g/mol. The molecule has 2 aromatic heterocycles. The Labute approximate surface area is 235 Å². The van der Waals surface area contributed by atoms with Gasteiger partial charge in [-0.2, -0.15) is 0 Å². The molecule has 0 saturated heterocycles. The van der Waals surface area contributed by atoms with Crippen molar-refractivity contribution in [2.75, 3.05) is 30.4 Å². The standard InChI is InChI=1S/C30H38N6O4/c1-7-27(37)36(6)25-12-10-22(16-20(25)2)24-11-9-23(19-33-24)28(38)35-18-21-8-13-26(34-17-21)31-14-15-32-29(39)40-30(3,4)5/h8-13,16-17,19H,7,14-15,18H2,1-6H3,(H,31,34)(H,32,39)(H,35,38). The quantitative estimate of drug-likeness (QED) is 0.315. The normalized spacial score (nSPS) is 10.9. The zero-order valence-electron chi connectivity index (χ0n) is 24.0. The molecule has 212 valence electrons. The van der Waals surface area contributed by atoms with Crippen molar-refractivity contribution in [3.05, 3.63) is 71.5 Å². The minimum atomic E-state index is -0.536. The first-order valence-corrected chi connectivity index (χ1v) is 13.2. The van der Waals surface area contributed by atoms with E-state index >= 15 is 0 Å². The van der Waals surface area contributed by atoms with Crippen LogP contribution < -0.4 is 20.9 Å². The van der Waals surface area contributed by atoms with Crippen LogP contribution >= 0.6 is 0 Å². The summed E-state index contributed by atoms with van der Waals surface area (Å²) in [6.07, 6.45) is 3.22. The second-order valence-electron chi connectivity index (χ2n) is 10.3. The molecule has 0 spiro atoms. The van der Waals surface area contributed by atoms with E-state index < -0.39 is 11.7 Å². The number of hydrogen-bond acceptors (Lipinski definition) is 7. The van der Waals surface area contributed by atoms with Gasteiger partial charge in [-0.15, -0.1) is 0 Å². The summed E-state index contributed by atoms with van der Waals surface area (Å²) in [5, 5.41) is 8.69. The van der Waals surface area contributed by atoms with Gasteiger partial charge in [0.05, 0.1) is 11.3 Å². The van der Waals surface area contributed by atoms with Gasteiger partial charge >= 0.3 is 6.09 Å². The van der Waals surface area contributed by atoms with Gasteiger partial charge in [-0.25, -0.2) is 9.78 Å². The Hall–Kier alpha value is -4.47. The summed E-state index contributed by atoms with van der Waals surface area (Å²) in [5.41, 5.74) is 4.24. The van der Waals surface area contributed by atoms with Crippen molar-refractivity contribution in [2.45, 2.75) is 53.2 Å². The molecule has 10 nitrogen and oxygen atoms in total. The predicted octanol–water partition coefficient (Wildman–Crippen LogP) is 4.69. The molecule has 1 aromatic carbocycles. The Bertz CT molecular complexity index is 1320. The molecule has 10 heteroatoms. The molecular formula is C30H38N6O4. The third-order valence-electron chi connectivity index (χ3n) is 5.93. The van der Waals surface area contributed by atoms with Crippen LogP contribution in [0.4, 0.5) is 16.3 Å². The SMILES string of the molecule is CCC(=O)N(C)c1ccc(-c2ccc(C(=O)NCc3ccc(NCCNC(=O)OC(C)(C)C)nc3)cn2)cc1C. The monoisotopic (exact) mass is 546 g/mol. The van der Waals surface area contributed by atoms with Crippen LogP contribution in [0.1, 0.15) is 55.6 Å². The lowest BCUT2D eigenvalue weighted by Gasteiger charge is -2.19. The smallest absolute Gasteiger partial charge is 0.407 e. The van der Waals surface area contributed by atoms with E-state index in [1.807, 2.05) is 71.0 Å². The number of rotatable bonds is 10. The van der Waals surface area contributed by atoms with E-state index in [4.69, 9.17) is 4.74 Å². The van der Waals surface area contributed by atoms with Gasteiger partial charge in [0.25, 0.3) is 5.91 Å². The van der Waals surface area contributed by atoms with Gasteiger partial charge < -0.3 is 25.6 Å². The Balaban J connectivity index is 1.48. The molecule has 0 radical (unpaired) electrons. The fourth-order valence-electron chi connectivity index (χ4n) is 3.85. The number of ether oxygens (including phenoxy) is 1. The lowest BCUT2D eigenvalue weighted by atomic mass is 10.0. The second kappa shape index (κ2) is 13.5. The zero-order valence-corrected chi connectivity index (χ0v) is 24.0. The van der Waals surface area contributed by atoms with Gasteiger partial charge in [0.1, 0.15) is 11.4 Å². The molecule has 0 aliphatic heterocycles. The number of aryl methyl sites for hydroxylation is 1. The van der Waals surface area contributed by atoms with Crippen molar-refractivity contribution in [2.24, 2.45) is 0 Å². The molecule has 0 aliphatic rings. The average Bonchev–Trinajstić information content (AvgIpc) is 2.93. The number of nitrogens with one attached hydrogen (secondary N) is 3. The molecule has 3 aromatic rings. The van der Waals surface area contributed by atoms with E-state index in [2.05, 4.69) is 25.9 Å². The highest BCUT2D eigenvalue weighted by atomic mass is 16.6. The number of carbonyl (C=O) groups excluding carboxylic acids is 3. The van der Waals surface area contributed by atoms with Crippen molar-refractivity contribution in [1.29, 1.82) is 0 Å². The lowest BCUT2D eigenvalue weighted by Crippen LogP contribution is -2.35. The summed E-state index contributed by atoms with van der Waals surface area (Å²) in [5.74, 6) is 0.478. The number of pyridine rings is 2. The first-order chi connectivity index (χ1) is 19.0. The molecule has 2 heterocycles. The molecule has 3 amide bonds. The first-order valence-electron chi connectivity index (χ1n) is 13.2. The van der Waals surface area contributed by atoms with Crippen LogP contribution in [0.2, 0.25) is 0 Å². The van der Waals surface area contributed by atoms with E-state index in [1.165, 1.54) is 0 Å². The highest BCUT2D eigenvalue weighted by Gasteiger charge is 2.15. The van der Waals surface area contributed by atoms with Crippen molar-refractivity contribution in [1.82, 2.24) is 20.6 Å². The maximum atomic E-state index is 12.6. The molecule has 0 saturated carbocycles. The van der Waals surface area contributed by atoms with Gasteiger partial charge in [0, 0.05) is 56.7 Å². The molecule has 0 atom stereocenters. The summed E-state index contributed by atoms with van der Waals surface area (Å²) in [7, 11) is 1.77. The minimum absolute atomic E-state index is 0.0532. The van der Waals surface area contributed by atoms with Crippen molar-refractivity contribution in [3.8, 4) is 11.3 Å². The van der Waals surface area contributed by atoms with Crippen LogP contribution in [-0.2, 0) is 16.1 Å². The topological polar surface area (TPSA) is 126 Å². The van der Waals surface area contributed by atoms with Gasteiger partial charge in [-0.1, -0.05) is 19.1 Å². The zero-order chi connectivity index (χ0) is 29.3. The summed E-state index contributed by atoms with van der Waals surface area (Å²) < 4.78 is 5.19. The third kappa shape index (κ3) is 8.79. The third-order valence-corrected chi connectivity index (χ3v) is 5.93. The molecule has 0 fully saturated rings. The fraction of sp³-hybridized carbons (Fsp3) is 0.367. The largest absolute Gasteiger partial charge is 0.444 e. The van der Waals surface area contributed by atoms with E-state index in [-0.39, 0.29) is 11.8 Å². The number of alkyl carbamates (subject to hydrolysis) is 1. The number of hydrogen-bond donors (Lipinski definition) is 3. The second-order valence-corrected chi connectivity index (χ2v) is 10.3. The van der Waals surface area contributed by atoms with Crippen LogP contribution in [0.5, 0.6) is 0 Å². The van der Waals surface area contributed by atoms with Crippen LogP contribution in [0, 0.1) is 6.92 Å². The van der Waals surface area contributed by atoms with E-state index in [9.17, 15) is 14.4 Å². The summed E-state index contributed by atoms with van der Waals surface area (Å²) in [6.45, 7) is 10.4. The molecule has 40 heavy (non-hydrogen) atoms. The molecule has 3 rings (SSSR count). The Morgan fingerprint density at radius 3 is 2.33 bits per heavy atom. The number of amides is 3. The summed E-state index contributed by atoms with van der Waals surface area (Å²) in [6, 6.07) is 13.1. The molecule has 3 N–H and O–H groups in total. The van der Waals surface area contributed by atoms with Crippen LogP contribution in [0.15, 0.2) is 54.9 Å². The Morgan fingerprint density at radius 1 is 0.950 bits per heavy atom. The highest BCUT2D eigenvalue weighted by Crippen LogP contribution is 2.26. The molecule has 0 aliphatic carbocycles. The Morgan fingerprint density at radius 2 is 1.73 bits per heavy atom. The summed E-state index contributed by atoms with van der Waals surface area (Å²) >= 11 is 0. The number of anilines is 2. The van der Waals surface area contributed by atoms with E-state index in [0.29, 0.717) is 37.4 Å². The number of aromatic nitrogens is 2. The maximum Gasteiger partial charge on any atom is 0.407 e. The van der Waals surface area contributed by atoms with Crippen LogP contribution in [-0.4, -0.2) is 53.6 Å². The fourth-order valence-corrected chi connectivity index (χ4v) is 3.85. The van der Waals surface area contributed by atoms with E-state index in [1.54, 1.807) is 30.4 Å². The van der Waals surface area contributed by atoms with Gasteiger partial charge in [-0.05, 0) is 69.2 Å². The number of nitrogens with zero attached hydrogens (tertiary/aromatic N) is 3. The van der Waals surface area contributed by atoms with Crippen molar-refractivity contribution in [3.63, 3.8) is 0 Å². The highest BCUT2D eigenvalue weighted by molar-refractivity contribution is 5.94. The molecular weight excluding hydrogens is 508 g/mol. The predicted molar refractivity (Wildman–Crippen MR) is 156 cm³/mol. The van der Waals surface area contributed by atoms with E-state index in [0.717, 1.165) is 28.1 Å². The molecule has 0 unspecified atom stereocenters. The minimum Gasteiger partial charge on any atom is -0.444 e. The van der Waals surface area contributed by atoms with Crippen molar-refractivity contribution < 1.29 is 19.1 Å².